The van der Waals surface area contributed by atoms with E-state index in [4.69, 9.17) is 9.47 Å². The number of thioether (sulfide) groups is 1. The largest absolute Gasteiger partial charge is 0.497 e. The van der Waals surface area contributed by atoms with Crippen molar-refractivity contribution >= 4 is 57.3 Å². The SMILES string of the molecule is COc1cccc(OCC(=O)Nc2nc(CSCC(=O)Nc3ccc(NC(C)=O)cc3)cs2)c1. The number of aromatic nitrogens is 1. The Hall–Kier alpha value is -3.57. The number of thiazole rings is 1. The van der Waals surface area contributed by atoms with E-state index in [1.807, 2.05) is 5.38 Å². The number of anilines is 3. The van der Waals surface area contributed by atoms with E-state index >= 15 is 0 Å². The lowest BCUT2D eigenvalue weighted by Crippen LogP contribution is -2.20. The zero-order chi connectivity index (χ0) is 24.3. The number of amides is 3. The number of nitrogens with one attached hydrogen (secondary N) is 3. The van der Waals surface area contributed by atoms with Crippen LogP contribution in [0.15, 0.2) is 53.9 Å². The van der Waals surface area contributed by atoms with Crippen LogP contribution in [0.4, 0.5) is 16.5 Å². The number of carbonyl (C=O) groups is 3. The maximum atomic E-state index is 12.1. The number of hydrogen-bond acceptors (Lipinski definition) is 8. The van der Waals surface area contributed by atoms with Gasteiger partial charge in [0, 0.05) is 35.5 Å². The zero-order valence-corrected chi connectivity index (χ0v) is 20.3. The topological polar surface area (TPSA) is 119 Å². The lowest BCUT2D eigenvalue weighted by Gasteiger charge is -2.07. The molecule has 3 rings (SSSR count). The van der Waals surface area contributed by atoms with E-state index < -0.39 is 0 Å². The fourth-order valence-corrected chi connectivity index (χ4v) is 4.26. The van der Waals surface area contributed by atoms with Crippen LogP contribution >= 0.6 is 23.1 Å². The molecule has 0 saturated carbocycles. The molecule has 0 aliphatic rings. The van der Waals surface area contributed by atoms with Gasteiger partial charge in [0.05, 0.1) is 18.6 Å². The first kappa shape index (κ1) is 25.1. The predicted molar refractivity (Wildman–Crippen MR) is 135 cm³/mol. The lowest BCUT2D eigenvalue weighted by atomic mass is 10.3. The van der Waals surface area contributed by atoms with Gasteiger partial charge in [-0.1, -0.05) is 6.07 Å². The summed E-state index contributed by atoms with van der Waals surface area (Å²) in [6.07, 6.45) is 0. The number of rotatable bonds is 11. The minimum atomic E-state index is -0.319. The molecule has 0 aliphatic carbocycles. The second kappa shape index (κ2) is 12.6. The van der Waals surface area contributed by atoms with Crippen molar-refractivity contribution in [2.75, 3.05) is 35.4 Å². The summed E-state index contributed by atoms with van der Waals surface area (Å²) in [4.78, 5) is 39.7. The third-order valence-corrected chi connectivity index (χ3v) is 5.95. The Balaban J connectivity index is 1.36. The van der Waals surface area contributed by atoms with Gasteiger partial charge in [-0.2, -0.15) is 0 Å². The minimum Gasteiger partial charge on any atom is -0.497 e. The van der Waals surface area contributed by atoms with Crippen molar-refractivity contribution in [3.05, 3.63) is 59.6 Å². The number of carbonyl (C=O) groups excluding carboxylic acids is 3. The fraction of sp³-hybridized carbons (Fsp3) is 0.217. The molecule has 0 radical (unpaired) electrons. The van der Waals surface area contributed by atoms with E-state index in [1.54, 1.807) is 55.6 Å². The summed E-state index contributed by atoms with van der Waals surface area (Å²) in [7, 11) is 1.56. The molecule has 0 atom stereocenters. The van der Waals surface area contributed by atoms with Gasteiger partial charge < -0.3 is 20.1 Å². The van der Waals surface area contributed by atoms with Gasteiger partial charge in [-0.3, -0.25) is 19.7 Å². The van der Waals surface area contributed by atoms with Crippen LogP contribution in [0.1, 0.15) is 12.6 Å². The van der Waals surface area contributed by atoms with E-state index in [-0.39, 0.29) is 30.1 Å². The number of hydrogen-bond donors (Lipinski definition) is 3. The molecule has 3 N–H and O–H groups in total. The van der Waals surface area contributed by atoms with E-state index in [2.05, 4.69) is 20.9 Å². The van der Waals surface area contributed by atoms with Crippen molar-refractivity contribution in [2.45, 2.75) is 12.7 Å². The second-order valence-corrected chi connectivity index (χ2v) is 8.80. The second-order valence-electron chi connectivity index (χ2n) is 6.96. The van der Waals surface area contributed by atoms with Gasteiger partial charge in [-0.15, -0.1) is 23.1 Å². The first-order chi connectivity index (χ1) is 16.4. The first-order valence-corrected chi connectivity index (χ1v) is 12.2. The Kier molecular flexibility index (Phi) is 9.30. The van der Waals surface area contributed by atoms with E-state index in [0.717, 1.165) is 5.69 Å². The Bertz CT molecular complexity index is 1130. The van der Waals surface area contributed by atoms with Gasteiger partial charge >= 0.3 is 0 Å². The number of methoxy groups -OCH3 is 1. The fourth-order valence-electron chi connectivity index (χ4n) is 2.71. The van der Waals surface area contributed by atoms with Gasteiger partial charge in [-0.25, -0.2) is 4.98 Å². The van der Waals surface area contributed by atoms with E-state index in [0.29, 0.717) is 33.8 Å². The van der Waals surface area contributed by atoms with Gasteiger partial charge in [-0.05, 0) is 36.4 Å². The van der Waals surface area contributed by atoms with Crippen LogP contribution in [0.25, 0.3) is 0 Å². The maximum Gasteiger partial charge on any atom is 0.264 e. The highest BCUT2D eigenvalue weighted by molar-refractivity contribution is 7.99. The normalized spacial score (nSPS) is 10.3. The summed E-state index contributed by atoms with van der Waals surface area (Å²) in [5, 5.41) is 10.5. The summed E-state index contributed by atoms with van der Waals surface area (Å²) in [5.74, 6) is 1.35. The first-order valence-electron chi connectivity index (χ1n) is 10.2. The lowest BCUT2D eigenvalue weighted by molar-refractivity contribution is -0.118. The molecule has 0 fully saturated rings. The van der Waals surface area contributed by atoms with Crippen LogP contribution in [0.2, 0.25) is 0 Å². The number of ether oxygens (including phenoxy) is 2. The Morgan fingerprint density at radius 2 is 1.68 bits per heavy atom. The molecular formula is C23H24N4O5S2. The van der Waals surface area contributed by atoms with Crippen LogP contribution in [0, 0.1) is 0 Å². The third-order valence-electron chi connectivity index (χ3n) is 4.18. The van der Waals surface area contributed by atoms with Crippen molar-refractivity contribution in [1.82, 2.24) is 4.98 Å². The summed E-state index contributed by atoms with van der Waals surface area (Å²) in [6.45, 7) is 1.28. The molecule has 34 heavy (non-hydrogen) atoms. The van der Waals surface area contributed by atoms with Crippen LogP contribution in [0.3, 0.4) is 0 Å². The van der Waals surface area contributed by atoms with E-state index in [9.17, 15) is 14.4 Å². The van der Waals surface area contributed by atoms with Crippen LogP contribution < -0.4 is 25.4 Å². The summed E-state index contributed by atoms with van der Waals surface area (Å²) < 4.78 is 10.6. The van der Waals surface area contributed by atoms with Gasteiger partial charge in [0.2, 0.25) is 11.8 Å². The van der Waals surface area contributed by atoms with Crippen molar-refractivity contribution in [2.24, 2.45) is 0 Å². The molecule has 2 aromatic carbocycles. The van der Waals surface area contributed by atoms with Crippen LogP contribution in [-0.2, 0) is 20.1 Å². The Morgan fingerprint density at radius 1 is 0.971 bits per heavy atom. The number of benzene rings is 2. The van der Waals surface area contributed by atoms with Crippen molar-refractivity contribution < 1.29 is 23.9 Å². The molecular weight excluding hydrogens is 476 g/mol. The summed E-state index contributed by atoms with van der Waals surface area (Å²) >= 11 is 2.72. The molecule has 1 heterocycles. The molecule has 0 aliphatic heterocycles. The summed E-state index contributed by atoms with van der Waals surface area (Å²) in [5.41, 5.74) is 2.08. The Labute approximate surface area is 205 Å². The molecule has 0 spiro atoms. The molecule has 0 saturated heterocycles. The highest BCUT2D eigenvalue weighted by Crippen LogP contribution is 2.21. The average Bonchev–Trinajstić information content (AvgIpc) is 3.25. The molecule has 178 valence electrons. The molecule has 0 unspecified atom stereocenters. The van der Waals surface area contributed by atoms with E-state index in [1.165, 1.54) is 30.0 Å². The van der Waals surface area contributed by atoms with Crippen molar-refractivity contribution in [3.63, 3.8) is 0 Å². The van der Waals surface area contributed by atoms with Gasteiger partial charge in [0.15, 0.2) is 11.7 Å². The molecule has 0 bridgehead atoms. The third kappa shape index (κ3) is 8.41. The highest BCUT2D eigenvalue weighted by Gasteiger charge is 2.09. The monoisotopic (exact) mass is 500 g/mol. The van der Waals surface area contributed by atoms with Gasteiger partial charge in [0.1, 0.15) is 11.5 Å². The quantitative estimate of drug-likeness (QED) is 0.364. The molecule has 11 heteroatoms. The van der Waals surface area contributed by atoms with Crippen LogP contribution in [0.5, 0.6) is 11.5 Å². The van der Waals surface area contributed by atoms with Crippen LogP contribution in [-0.4, -0.2) is 42.2 Å². The molecule has 3 aromatic rings. The smallest absolute Gasteiger partial charge is 0.264 e. The minimum absolute atomic E-state index is 0.143. The van der Waals surface area contributed by atoms with Crippen molar-refractivity contribution in [1.29, 1.82) is 0 Å². The number of nitrogens with zero attached hydrogens (tertiary/aromatic N) is 1. The Morgan fingerprint density at radius 3 is 2.38 bits per heavy atom. The molecule has 9 nitrogen and oxygen atoms in total. The zero-order valence-electron chi connectivity index (χ0n) is 18.6. The molecule has 1 aromatic heterocycles. The predicted octanol–water partition coefficient (Wildman–Crippen LogP) is 4.00. The highest BCUT2D eigenvalue weighted by atomic mass is 32.2. The maximum absolute atomic E-state index is 12.1. The molecule has 3 amide bonds. The standard InChI is InChI=1S/C23H24N4O5S2/c1-15(28)24-16-6-8-17(9-7-16)25-22(30)14-33-12-18-13-34-23(26-18)27-21(29)11-32-20-5-3-4-19(10-20)31-2/h3-10,13H,11-12,14H2,1-2H3,(H,24,28)(H,25,30)(H,26,27,29). The summed E-state index contributed by atoms with van der Waals surface area (Å²) in [6, 6.07) is 13.9. The van der Waals surface area contributed by atoms with Crippen molar-refractivity contribution in [3.8, 4) is 11.5 Å². The van der Waals surface area contributed by atoms with Gasteiger partial charge in [0.25, 0.3) is 5.91 Å². The average molecular weight is 501 g/mol.